The van der Waals surface area contributed by atoms with E-state index in [0.29, 0.717) is 22.3 Å². The third-order valence-electron chi connectivity index (χ3n) is 3.98. The van der Waals surface area contributed by atoms with Crippen molar-refractivity contribution >= 4 is 35.1 Å². The number of amides is 1. The highest BCUT2D eigenvalue weighted by Gasteiger charge is 2.35. The average molecular weight is 346 g/mol. The van der Waals surface area contributed by atoms with Crippen LogP contribution in [0.1, 0.15) is 37.4 Å². The molecule has 22 heavy (non-hydrogen) atoms. The number of aliphatic carboxylic acids is 1. The summed E-state index contributed by atoms with van der Waals surface area (Å²) in [5.41, 5.74) is 1.55. The molecule has 0 bridgehead atoms. The maximum absolute atomic E-state index is 12.4. The van der Waals surface area contributed by atoms with Crippen LogP contribution in [0.5, 0.6) is 5.75 Å². The minimum absolute atomic E-state index is 0.0555. The SMILES string of the molecule is COc1cc(Cl)c2c(c1Cl)CN(C(=O)C[C@H](C)C(=O)O)C2C. The zero-order valence-corrected chi connectivity index (χ0v) is 14.0. The van der Waals surface area contributed by atoms with Gasteiger partial charge in [0.25, 0.3) is 0 Å². The lowest BCUT2D eigenvalue weighted by atomic mass is 10.0. The Balaban J connectivity index is 2.30. The van der Waals surface area contributed by atoms with E-state index in [0.717, 1.165) is 11.1 Å². The molecule has 0 saturated carbocycles. The largest absolute Gasteiger partial charge is 0.495 e. The van der Waals surface area contributed by atoms with Crippen molar-refractivity contribution in [3.8, 4) is 5.75 Å². The molecule has 0 spiro atoms. The van der Waals surface area contributed by atoms with E-state index in [1.54, 1.807) is 11.0 Å². The zero-order chi connectivity index (χ0) is 16.6. The number of carbonyl (C=O) groups excluding carboxylic acids is 1. The molecule has 1 aliphatic heterocycles. The van der Waals surface area contributed by atoms with E-state index in [9.17, 15) is 9.59 Å². The number of fused-ring (bicyclic) bond motifs is 1. The molecule has 1 heterocycles. The topological polar surface area (TPSA) is 66.8 Å². The third kappa shape index (κ3) is 2.88. The van der Waals surface area contributed by atoms with Gasteiger partial charge in [0, 0.05) is 29.6 Å². The van der Waals surface area contributed by atoms with Crippen LogP contribution in [-0.2, 0) is 16.1 Å². The lowest BCUT2D eigenvalue weighted by Crippen LogP contribution is -2.30. The number of carboxylic acids is 1. The van der Waals surface area contributed by atoms with Crippen LogP contribution in [0.2, 0.25) is 10.0 Å². The van der Waals surface area contributed by atoms with Gasteiger partial charge in [0.15, 0.2) is 0 Å². The molecular weight excluding hydrogens is 329 g/mol. The molecule has 1 unspecified atom stereocenters. The summed E-state index contributed by atoms with van der Waals surface area (Å²) in [5.74, 6) is -1.49. The number of halogens is 2. The number of hydrogen-bond donors (Lipinski definition) is 1. The Morgan fingerprint density at radius 2 is 2.14 bits per heavy atom. The minimum atomic E-state index is -0.990. The van der Waals surface area contributed by atoms with Gasteiger partial charge in [0.1, 0.15) is 5.75 Å². The van der Waals surface area contributed by atoms with E-state index in [2.05, 4.69) is 0 Å². The molecule has 7 heteroatoms. The number of hydrogen-bond acceptors (Lipinski definition) is 3. The van der Waals surface area contributed by atoms with E-state index in [1.165, 1.54) is 14.0 Å². The predicted octanol–water partition coefficient (Wildman–Crippen LogP) is 3.52. The van der Waals surface area contributed by atoms with Gasteiger partial charge in [-0.1, -0.05) is 30.1 Å². The molecule has 0 radical (unpaired) electrons. The van der Waals surface area contributed by atoms with E-state index < -0.39 is 11.9 Å². The Labute approximate surface area is 138 Å². The quantitative estimate of drug-likeness (QED) is 0.906. The molecule has 1 amide bonds. The average Bonchev–Trinajstić information content (AvgIpc) is 2.81. The third-order valence-corrected chi connectivity index (χ3v) is 4.70. The maximum Gasteiger partial charge on any atom is 0.306 e. The summed E-state index contributed by atoms with van der Waals surface area (Å²) >= 11 is 12.6. The first-order valence-corrected chi connectivity index (χ1v) is 7.60. The van der Waals surface area contributed by atoms with Crippen LogP contribution in [0.4, 0.5) is 0 Å². The van der Waals surface area contributed by atoms with Crippen LogP contribution >= 0.6 is 23.2 Å². The molecule has 1 aromatic rings. The number of methoxy groups -OCH3 is 1. The lowest BCUT2D eigenvalue weighted by molar-refractivity contribution is -0.145. The first kappa shape index (κ1) is 16.9. The van der Waals surface area contributed by atoms with Gasteiger partial charge in [-0.3, -0.25) is 9.59 Å². The molecule has 1 aliphatic rings. The summed E-state index contributed by atoms with van der Waals surface area (Å²) in [7, 11) is 1.50. The van der Waals surface area contributed by atoms with Crippen molar-refractivity contribution in [2.75, 3.05) is 7.11 Å². The number of benzene rings is 1. The van der Waals surface area contributed by atoms with Crippen molar-refractivity contribution in [2.45, 2.75) is 32.9 Å². The first-order chi connectivity index (χ1) is 10.3. The second-order valence-electron chi connectivity index (χ2n) is 5.41. The molecular formula is C15H17Cl2NO4. The molecule has 5 nitrogen and oxygen atoms in total. The second kappa shape index (κ2) is 6.34. The van der Waals surface area contributed by atoms with Gasteiger partial charge in [-0.25, -0.2) is 0 Å². The van der Waals surface area contributed by atoms with Gasteiger partial charge in [0.2, 0.25) is 5.91 Å². The molecule has 0 fully saturated rings. The van der Waals surface area contributed by atoms with Crippen LogP contribution < -0.4 is 4.74 Å². The van der Waals surface area contributed by atoms with Crippen LogP contribution in [0.15, 0.2) is 6.07 Å². The fourth-order valence-electron chi connectivity index (χ4n) is 2.66. The Bertz CT molecular complexity index is 632. The zero-order valence-electron chi connectivity index (χ0n) is 12.5. The highest BCUT2D eigenvalue weighted by molar-refractivity contribution is 6.35. The van der Waals surface area contributed by atoms with Gasteiger partial charge < -0.3 is 14.7 Å². The van der Waals surface area contributed by atoms with Crippen LogP contribution in [0, 0.1) is 5.92 Å². The fraction of sp³-hybridized carbons (Fsp3) is 0.467. The van der Waals surface area contributed by atoms with E-state index >= 15 is 0 Å². The molecule has 0 aliphatic carbocycles. The van der Waals surface area contributed by atoms with Gasteiger partial charge >= 0.3 is 5.97 Å². The lowest BCUT2D eigenvalue weighted by Gasteiger charge is -2.23. The van der Waals surface area contributed by atoms with Crippen LogP contribution in [0.25, 0.3) is 0 Å². The molecule has 2 atom stereocenters. The van der Waals surface area contributed by atoms with E-state index in [-0.39, 0.29) is 18.4 Å². The van der Waals surface area contributed by atoms with Crippen molar-refractivity contribution < 1.29 is 19.4 Å². The molecule has 1 N–H and O–H groups in total. The first-order valence-electron chi connectivity index (χ1n) is 6.84. The van der Waals surface area contributed by atoms with Gasteiger partial charge in [-0.15, -0.1) is 0 Å². The van der Waals surface area contributed by atoms with Crippen molar-refractivity contribution in [1.29, 1.82) is 0 Å². The molecule has 2 rings (SSSR count). The highest BCUT2D eigenvalue weighted by Crippen LogP contribution is 2.45. The summed E-state index contributed by atoms with van der Waals surface area (Å²) in [4.78, 5) is 24.9. The number of carboxylic acid groups (broad SMARTS) is 1. The minimum Gasteiger partial charge on any atom is -0.495 e. The van der Waals surface area contributed by atoms with Crippen molar-refractivity contribution in [1.82, 2.24) is 4.90 Å². The van der Waals surface area contributed by atoms with Crippen LogP contribution in [0.3, 0.4) is 0 Å². The number of ether oxygens (including phenoxy) is 1. The summed E-state index contributed by atoms with van der Waals surface area (Å²) < 4.78 is 5.18. The molecule has 120 valence electrons. The maximum atomic E-state index is 12.4. The van der Waals surface area contributed by atoms with E-state index in [4.69, 9.17) is 33.0 Å². The summed E-state index contributed by atoms with van der Waals surface area (Å²) in [6.07, 6.45) is -0.0555. The molecule has 0 saturated heterocycles. The van der Waals surface area contributed by atoms with E-state index in [1.807, 2.05) is 6.92 Å². The number of rotatable bonds is 4. The van der Waals surface area contributed by atoms with Gasteiger partial charge in [-0.05, 0) is 12.5 Å². The van der Waals surface area contributed by atoms with Crippen molar-refractivity contribution in [2.24, 2.45) is 5.92 Å². The molecule has 1 aromatic carbocycles. The van der Waals surface area contributed by atoms with Gasteiger partial charge in [0.05, 0.1) is 24.1 Å². The summed E-state index contributed by atoms with van der Waals surface area (Å²) in [6.45, 7) is 3.67. The Kier molecular flexibility index (Phi) is 4.87. The van der Waals surface area contributed by atoms with Crippen molar-refractivity contribution in [3.63, 3.8) is 0 Å². The number of nitrogens with zero attached hydrogens (tertiary/aromatic N) is 1. The Hall–Kier alpha value is -1.46. The van der Waals surface area contributed by atoms with Crippen molar-refractivity contribution in [3.05, 3.63) is 27.2 Å². The predicted molar refractivity (Wildman–Crippen MR) is 83.4 cm³/mol. The van der Waals surface area contributed by atoms with Gasteiger partial charge in [-0.2, -0.15) is 0 Å². The highest BCUT2D eigenvalue weighted by atomic mass is 35.5. The monoisotopic (exact) mass is 345 g/mol. The normalized spacial score (nSPS) is 18.0. The fourth-order valence-corrected chi connectivity index (χ4v) is 3.32. The summed E-state index contributed by atoms with van der Waals surface area (Å²) in [5, 5.41) is 9.87. The summed E-state index contributed by atoms with van der Waals surface area (Å²) in [6, 6.07) is 1.38. The number of carbonyl (C=O) groups is 2. The Morgan fingerprint density at radius 3 is 2.68 bits per heavy atom. The standard InChI is InChI=1S/C15H17Cl2NO4/c1-7(15(20)21)4-12(19)18-6-9-13(8(18)2)10(16)5-11(22-3)14(9)17/h5,7-8H,4,6H2,1-3H3,(H,20,21)/t7-,8?/m0/s1. The second-order valence-corrected chi connectivity index (χ2v) is 6.19. The Morgan fingerprint density at radius 1 is 1.50 bits per heavy atom. The smallest absolute Gasteiger partial charge is 0.306 e. The van der Waals surface area contributed by atoms with Crippen LogP contribution in [-0.4, -0.2) is 29.0 Å². The molecule has 0 aromatic heterocycles.